The molecule has 0 unspecified atom stereocenters. The van der Waals surface area contributed by atoms with Crippen molar-refractivity contribution < 1.29 is 8.94 Å². The average Bonchev–Trinajstić information content (AvgIpc) is 2.92. The standard InChI is InChI=1S/C13H16N2O2S/c1-8-9(2)16-13(14-8)18-7-11-10-5-3-4-6-12(10)17-15-11/h3-7H2,1-2H3. The Bertz CT molecular complexity index is 540. The molecule has 0 saturated carbocycles. The van der Waals surface area contributed by atoms with Crippen molar-refractivity contribution in [2.45, 2.75) is 50.5 Å². The second kappa shape index (κ2) is 4.80. The zero-order chi connectivity index (χ0) is 12.5. The number of hydrogen-bond donors (Lipinski definition) is 0. The quantitative estimate of drug-likeness (QED) is 0.795. The highest BCUT2D eigenvalue weighted by molar-refractivity contribution is 7.98. The Balaban J connectivity index is 1.71. The van der Waals surface area contributed by atoms with Gasteiger partial charge in [-0.15, -0.1) is 0 Å². The lowest BCUT2D eigenvalue weighted by Gasteiger charge is -2.08. The Morgan fingerprint density at radius 2 is 2.06 bits per heavy atom. The van der Waals surface area contributed by atoms with Crippen molar-refractivity contribution in [2.24, 2.45) is 0 Å². The molecule has 5 heteroatoms. The molecule has 18 heavy (non-hydrogen) atoms. The van der Waals surface area contributed by atoms with Crippen LogP contribution in [0.1, 0.15) is 41.3 Å². The van der Waals surface area contributed by atoms with Crippen LogP contribution in [0.3, 0.4) is 0 Å². The zero-order valence-corrected chi connectivity index (χ0v) is 11.5. The highest BCUT2D eigenvalue weighted by Gasteiger charge is 2.19. The zero-order valence-electron chi connectivity index (χ0n) is 10.7. The molecule has 0 atom stereocenters. The monoisotopic (exact) mass is 264 g/mol. The maximum Gasteiger partial charge on any atom is 0.256 e. The summed E-state index contributed by atoms with van der Waals surface area (Å²) in [7, 11) is 0. The fraction of sp³-hybridized carbons (Fsp3) is 0.538. The molecule has 2 aromatic heterocycles. The molecule has 0 N–H and O–H groups in total. The molecule has 2 aromatic rings. The summed E-state index contributed by atoms with van der Waals surface area (Å²) in [6.07, 6.45) is 4.58. The van der Waals surface area contributed by atoms with Crippen molar-refractivity contribution in [3.63, 3.8) is 0 Å². The van der Waals surface area contributed by atoms with Crippen LogP contribution >= 0.6 is 11.8 Å². The van der Waals surface area contributed by atoms with Gasteiger partial charge in [-0.05, 0) is 33.1 Å². The maximum atomic E-state index is 5.55. The third-order valence-corrected chi connectivity index (χ3v) is 4.21. The van der Waals surface area contributed by atoms with Crippen LogP contribution in [0.2, 0.25) is 0 Å². The second-order valence-corrected chi connectivity index (χ2v) is 5.57. The van der Waals surface area contributed by atoms with E-state index < -0.39 is 0 Å². The first-order valence-electron chi connectivity index (χ1n) is 6.27. The van der Waals surface area contributed by atoms with E-state index in [0.29, 0.717) is 0 Å². The molecule has 2 heterocycles. The lowest BCUT2D eigenvalue weighted by atomic mass is 9.97. The minimum Gasteiger partial charge on any atom is -0.437 e. The molecule has 0 saturated heterocycles. The van der Waals surface area contributed by atoms with Crippen LogP contribution in [0.5, 0.6) is 0 Å². The second-order valence-electron chi connectivity index (χ2n) is 4.65. The lowest BCUT2D eigenvalue weighted by molar-refractivity contribution is 0.369. The Hall–Kier alpha value is -1.23. The van der Waals surface area contributed by atoms with E-state index in [-0.39, 0.29) is 0 Å². The molecule has 0 aliphatic heterocycles. The van der Waals surface area contributed by atoms with Gasteiger partial charge in [-0.2, -0.15) is 0 Å². The van der Waals surface area contributed by atoms with Gasteiger partial charge in [0.05, 0.1) is 11.4 Å². The highest BCUT2D eigenvalue weighted by atomic mass is 32.2. The molecule has 96 valence electrons. The van der Waals surface area contributed by atoms with Gasteiger partial charge in [0.15, 0.2) is 0 Å². The fourth-order valence-electron chi connectivity index (χ4n) is 2.20. The van der Waals surface area contributed by atoms with Crippen molar-refractivity contribution in [2.75, 3.05) is 0 Å². The molecule has 0 spiro atoms. The summed E-state index contributed by atoms with van der Waals surface area (Å²) >= 11 is 1.59. The lowest BCUT2D eigenvalue weighted by Crippen LogP contribution is -2.01. The van der Waals surface area contributed by atoms with Crippen LogP contribution in [-0.4, -0.2) is 10.1 Å². The Morgan fingerprint density at radius 1 is 1.22 bits per heavy atom. The molecule has 0 aromatic carbocycles. The molecule has 1 aliphatic carbocycles. The van der Waals surface area contributed by atoms with Gasteiger partial charge in [-0.3, -0.25) is 0 Å². The van der Waals surface area contributed by atoms with Crippen LogP contribution < -0.4 is 0 Å². The van der Waals surface area contributed by atoms with Crippen LogP contribution in [0.15, 0.2) is 14.2 Å². The molecule has 0 bridgehead atoms. The Kier molecular flexibility index (Phi) is 3.16. The number of aryl methyl sites for hydroxylation is 3. The summed E-state index contributed by atoms with van der Waals surface area (Å²) < 4.78 is 10.9. The number of rotatable bonds is 3. The van der Waals surface area contributed by atoms with Crippen LogP contribution in [-0.2, 0) is 18.6 Å². The van der Waals surface area contributed by atoms with Gasteiger partial charge in [0.25, 0.3) is 5.22 Å². The number of thioether (sulfide) groups is 1. The number of oxazole rings is 1. The predicted molar refractivity (Wildman–Crippen MR) is 68.7 cm³/mol. The first-order chi connectivity index (χ1) is 8.74. The minimum absolute atomic E-state index is 0.720. The van der Waals surface area contributed by atoms with E-state index in [1.807, 2.05) is 13.8 Å². The SMILES string of the molecule is Cc1nc(SCc2noc3c2CCCC3)oc1C. The van der Waals surface area contributed by atoms with Crippen molar-refractivity contribution >= 4 is 11.8 Å². The summed E-state index contributed by atoms with van der Waals surface area (Å²) in [4.78, 5) is 4.36. The van der Waals surface area contributed by atoms with E-state index in [2.05, 4.69) is 10.1 Å². The van der Waals surface area contributed by atoms with Crippen LogP contribution in [0.25, 0.3) is 0 Å². The normalized spacial score (nSPS) is 14.8. The van der Waals surface area contributed by atoms with E-state index in [1.54, 1.807) is 11.8 Å². The average molecular weight is 264 g/mol. The van der Waals surface area contributed by atoms with E-state index in [1.165, 1.54) is 18.4 Å². The largest absolute Gasteiger partial charge is 0.437 e. The van der Waals surface area contributed by atoms with Gasteiger partial charge in [0.1, 0.15) is 11.5 Å². The molecular formula is C13H16N2O2S. The third-order valence-electron chi connectivity index (χ3n) is 3.37. The van der Waals surface area contributed by atoms with Crippen molar-refractivity contribution in [3.05, 3.63) is 28.5 Å². The summed E-state index contributed by atoms with van der Waals surface area (Å²) in [5.41, 5.74) is 3.33. The van der Waals surface area contributed by atoms with Crippen LogP contribution in [0, 0.1) is 13.8 Å². The summed E-state index contributed by atoms with van der Waals surface area (Å²) in [6, 6.07) is 0. The summed E-state index contributed by atoms with van der Waals surface area (Å²) in [6.45, 7) is 3.89. The van der Waals surface area contributed by atoms with E-state index >= 15 is 0 Å². The number of hydrogen-bond acceptors (Lipinski definition) is 5. The van der Waals surface area contributed by atoms with Gasteiger partial charge in [0.2, 0.25) is 0 Å². The first kappa shape index (κ1) is 11.8. The van der Waals surface area contributed by atoms with Gasteiger partial charge < -0.3 is 8.94 Å². The fourth-order valence-corrected chi connectivity index (χ4v) is 3.07. The van der Waals surface area contributed by atoms with Gasteiger partial charge in [0, 0.05) is 17.7 Å². The molecule has 4 nitrogen and oxygen atoms in total. The molecule has 3 rings (SSSR count). The van der Waals surface area contributed by atoms with Gasteiger partial charge in [-0.1, -0.05) is 16.9 Å². The first-order valence-corrected chi connectivity index (χ1v) is 7.25. The molecule has 1 aliphatic rings. The number of nitrogens with zero attached hydrogens (tertiary/aromatic N) is 2. The third kappa shape index (κ3) is 2.19. The summed E-state index contributed by atoms with van der Waals surface area (Å²) in [5.74, 6) is 2.74. The van der Waals surface area contributed by atoms with Crippen molar-refractivity contribution in [1.29, 1.82) is 0 Å². The smallest absolute Gasteiger partial charge is 0.256 e. The summed E-state index contributed by atoms with van der Waals surface area (Å²) in [5, 5.41) is 4.90. The van der Waals surface area contributed by atoms with Crippen LogP contribution in [0.4, 0.5) is 0 Å². The highest BCUT2D eigenvalue weighted by Crippen LogP contribution is 2.29. The molecule has 0 radical (unpaired) electrons. The number of fused-ring (bicyclic) bond motifs is 1. The van der Waals surface area contributed by atoms with E-state index in [0.717, 1.165) is 46.7 Å². The predicted octanol–water partition coefficient (Wildman–Crippen LogP) is 3.45. The van der Waals surface area contributed by atoms with Crippen molar-refractivity contribution in [1.82, 2.24) is 10.1 Å². The topological polar surface area (TPSA) is 52.1 Å². The van der Waals surface area contributed by atoms with Gasteiger partial charge in [-0.25, -0.2) is 4.98 Å². The Labute approximate surface area is 110 Å². The van der Waals surface area contributed by atoms with Crippen molar-refractivity contribution in [3.8, 4) is 0 Å². The van der Waals surface area contributed by atoms with E-state index in [4.69, 9.17) is 8.94 Å². The number of aromatic nitrogens is 2. The van der Waals surface area contributed by atoms with E-state index in [9.17, 15) is 0 Å². The van der Waals surface area contributed by atoms with Gasteiger partial charge >= 0.3 is 0 Å². The maximum absolute atomic E-state index is 5.55. The Morgan fingerprint density at radius 3 is 2.83 bits per heavy atom. The molecule has 0 amide bonds. The minimum atomic E-state index is 0.720. The molecule has 0 fully saturated rings. The molecular weight excluding hydrogens is 248 g/mol.